The molecule has 23 heavy (non-hydrogen) atoms. The average Bonchev–Trinajstić information content (AvgIpc) is 2.55. The van der Waals surface area contributed by atoms with Crippen LogP contribution in [0.2, 0.25) is 0 Å². The van der Waals surface area contributed by atoms with Crippen LogP contribution in [0.1, 0.15) is 30.7 Å². The summed E-state index contributed by atoms with van der Waals surface area (Å²) < 4.78 is 38.0. The fraction of sp³-hybridized carbons (Fsp3) is 0.562. The minimum atomic E-state index is -4.94. The van der Waals surface area contributed by atoms with Gasteiger partial charge in [0.15, 0.2) is 0 Å². The number of nitrogens with one attached hydrogen (secondary N) is 2. The lowest BCUT2D eigenvalue weighted by Gasteiger charge is -2.36. The molecule has 0 bridgehead atoms. The standard InChI is InChI=1S/C16H21F3N2O2/c17-16(18,19)15(23)21-14(13-8-4-5-9-20-13)12(10-22)11-6-2-1-3-7-11/h1-3,6-7,12-14,20,22H,4-5,8-10H2,(H,21,23)/t12-,13?,14+/m1/s1. The molecule has 1 fully saturated rings. The quantitative estimate of drug-likeness (QED) is 0.773. The molecular formula is C16H21F3N2O2. The molecule has 0 saturated carbocycles. The Hall–Kier alpha value is -1.60. The van der Waals surface area contributed by atoms with Crippen molar-refractivity contribution in [1.29, 1.82) is 0 Å². The number of piperidine rings is 1. The summed E-state index contributed by atoms with van der Waals surface area (Å²) in [6.45, 7) is 0.348. The van der Waals surface area contributed by atoms with Crippen molar-refractivity contribution in [3.05, 3.63) is 35.9 Å². The van der Waals surface area contributed by atoms with Gasteiger partial charge in [-0.1, -0.05) is 36.8 Å². The van der Waals surface area contributed by atoms with E-state index in [0.29, 0.717) is 18.5 Å². The number of carbonyl (C=O) groups is 1. The zero-order chi connectivity index (χ0) is 16.9. The Morgan fingerprint density at radius 1 is 1.30 bits per heavy atom. The highest BCUT2D eigenvalue weighted by molar-refractivity contribution is 5.82. The van der Waals surface area contributed by atoms with Gasteiger partial charge in [-0.15, -0.1) is 0 Å². The summed E-state index contributed by atoms with van der Waals surface area (Å²) in [5.74, 6) is -2.57. The monoisotopic (exact) mass is 330 g/mol. The van der Waals surface area contributed by atoms with E-state index >= 15 is 0 Å². The predicted molar refractivity (Wildman–Crippen MR) is 79.9 cm³/mol. The van der Waals surface area contributed by atoms with Gasteiger partial charge in [0.05, 0.1) is 12.6 Å². The van der Waals surface area contributed by atoms with Crippen molar-refractivity contribution in [3.8, 4) is 0 Å². The van der Waals surface area contributed by atoms with Crippen molar-refractivity contribution in [2.24, 2.45) is 0 Å². The first-order valence-electron chi connectivity index (χ1n) is 7.70. The lowest BCUT2D eigenvalue weighted by Crippen LogP contribution is -2.57. The first-order valence-corrected chi connectivity index (χ1v) is 7.70. The van der Waals surface area contributed by atoms with E-state index in [4.69, 9.17) is 0 Å². The number of halogens is 3. The second kappa shape index (κ2) is 7.79. The van der Waals surface area contributed by atoms with Crippen LogP contribution in [0.4, 0.5) is 13.2 Å². The van der Waals surface area contributed by atoms with Crippen molar-refractivity contribution < 1.29 is 23.1 Å². The Kier molecular flexibility index (Phi) is 6.01. The fourth-order valence-electron chi connectivity index (χ4n) is 3.03. The number of carbonyl (C=O) groups excluding carboxylic acids is 1. The normalized spacial score (nSPS) is 21.5. The summed E-state index contributed by atoms with van der Waals surface area (Å²) in [7, 11) is 0. The number of hydrogen-bond acceptors (Lipinski definition) is 3. The van der Waals surface area contributed by atoms with Gasteiger partial charge in [-0.2, -0.15) is 13.2 Å². The van der Waals surface area contributed by atoms with E-state index in [2.05, 4.69) is 10.6 Å². The SMILES string of the molecule is O=C(N[C@H](C1CCCCN1)[C@H](CO)c1ccccc1)C(F)(F)F. The molecule has 1 unspecified atom stereocenters. The van der Waals surface area contributed by atoms with Crippen LogP contribution in [-0.4, -0.2) is 42.4 Å². The Labute approximate surface area is 133 Å². The molecule has 0 spiro atoms. The lowest BCUT2D eigenvalue weighted by atomic mass is 9.84. The molecule has 128 valence electrons. The predicted octanol–water partition coefficient (Wildman–Crippen LogP) is 1.95. The fourth-order valence-corrected chi connectivity index (χ4v) is 3.03. The van der Waals surface area contributed by atoms with Crippen LogP contribution in [0, 0.1) is 0 Å². The van der Waals surface area contributed by atoms with Crippen molar-refractivity contribution in [3.63, 3.8) is 0 Å². The van der Waals surface area contributed by atoms with Gasteiger partial charge in [-0.05, 0) is 24.9 Å². The molecule has 4 nitrogen and oxygen atoms in total. The first-order chi connectivity index (χ1) is 10.9. The van der Waals surface area contributed by atoms with Crippen LogP contribution >= 0.6 is 0 Å². The Morgan fingerprint density at radius 2 is 2.00 bits per heavy atom. The van der Waals surface area contributed by atoms with Gasteiger partial charge in [0.25, 0.3) is 0 Å². The first kappa shape index (κ1) is 17.7. The molecule has 2 rings (SSSR count). The molecule has 0 aliphatic carbocycles. The molecule has 1 aliphatic heterocycles. The van der Waals surface area contributed by atoms with Gasteiger partial charge < -0.3 is 15.7 Å². The van der Waals surface area contributed by atoms with E-state index < -0.39 is 24.0 Å². The summed E-state index contributed by atoms with van der Waals surface area (Å²) in [6, 6.07) is 7.68. The third-order valence-electron chi connectivity index (χ3n) is 4.20. The topological polar surface area (TPSA) is 61.4 Å². The number of alkyl halides is 3. The molecule has 1 saturated heterocycles. The number of benzene rings is 1. The van der Waals surface area contributed by atoms with Gasteiger partial charge >= 0.3 is 12.1 Å². The molecule has 1 aliphatic rings. The lowest BCUT2D eigenvalue weighted by molar-refractivity contribution is -0.174. The summed E-state index contributed by atoms with van der Waals surface area (Å²) in [6.07, 6.45) is -2.45. The van der Waals surface area contributed by atoms with Gasteiger partial charge in [0.2, 0.25) is 0 Å². The largest absolute Gasteiger partial charge is 0.471 e. The van der Waals surface area contributed by atoms with Crippen LogP contribution in [0.15, 0.2) is 30.3 Å². The van der Waals surface area contributed by atoms with Crippen LogP contribution < -0.4 is 10.6 Å². The van der Waals surface area contributed by atoms with E-state index in [0.717, 1.165) is 12.8 Å². The van der Waals surface area contributed by atoms with E-state index in [9.17, 15) is 23.1 Å². The van der Waals surface area contributed by atoms with Gasteiger partial charge in [0.1, 0.15) is 0 Å². The van der Waals surface area contributed by atoms with Crippen LogP contribution in [0.25, 0.3) is 0 Å². The minimum Gasteiger partial charge on any atom is -0.396 e. The molecule has 0 radical (unpaired) electrons. The molecule has 1 aromatic rings. The minimum absolute atomic E-state index is 0.299. The smallest absolute Gasteiger partial charge is 0.396 e. The van der Waals surface area contributed by atoms with Gasteiger partial charge in [-0.3, -0.25) is 4.79 Å². The average molecular weight is 330 g/mol. The molecule has 1 amide bonds. The molecule has 7 heteroatoms. The number of aliphatic hydroxyl groups excluding tert-OH is 1. The van der Waals surface area contributed by atoms with E-state index in [1.807, 2.05) is 0 Å². The maximum Gasteiger partial charge on any atom is 0.471 e. The van der Waals surface area contributed by atoms with Crippen molar-refractivity contribution >= 4 is 5.91 Å². The Balaban J connectivity index is 2.25. The molecule has 3 N–H and O–H groups in total. The summed E-state index contributed by atoms with van der Waals surface area (Å²) in [5.41, 5.74) is 0.704. The highest BCUT2D eigenvalue weighted by atomic mass is 19.4. The summed E-state index contributed by atoms with van der Waals surface area (Å²) in [5, 5.41) is 15.0. The number of hydrogen-bond donors (Lipinski definition) is 3. The Bertz CT molecular complexity index is 502. The highest BCUT2D eigenvalue weighted by Gasteiger charge is 2.42. The molecule has 0 aromatic heterocycles. The Morgan fingerprint density at radius 3 is 2.52 bits per heavy atom. The van der Waals surface area contributed by atoms with Crippen molar-refractivity contribution in [2.45, 2.75) is 43.4 Å². The van der Waals surface area contributed by atoms with Gasteiger partial charge in [0, 0.05) is 12.0 Å². The number of amides is 1. The van der Waals surface area contributed by atoms with E-state index in [-0.39, 0.29) is 12.6 Å². The van der Waals surface area contributed by atoms with Crippen LogP contribution in [0.5, 0.6) is 0 Å². The number of rotatable bonds is 5. The number of aliphatic hydroxyl groups is 1. The third-order valence-corrected chi connectivity index (χ3v) is 4.20. The third kappa shape index (κ3) is 4.68. The molecule has 3 atom stereocenters. The zero-order valence-electron chi connectivity index (χ0n) is 12.6. The van der Waals surface area contributed by atoms with Crippen LogP contribution in [-0.2, 0) is 4.79 Å². The van der Waals surface area contributed by atoms with Gasteiger partial charge in [-0.25, -0.2) is 0 Å². The molecule has 1 heterocycles. The zero-order valence-corrected chi connectivity index (χ0v) is 12.6. The summed E-state index contributed by atoms with van der Waals surface area (Å²) in [4.78, 5) is 11.4. The van der Waals surface area contributed by atoms with E-state index in [1.165, 1.54) is 0 Å². The summed E-state index contributed by atoms with van der Waals surface area (Å²) >= 11 is 0. The van der Waals surface area contributed by atoms with Crippen LogP contribution in [0.3, 0.4) is 0 Å². The van der Waals surface area contributed by atoms with Crippen molar-refractivity contribution in [2.75, 3.05) is 13.2 Å². The molecular weight excluding hydrogens is 309 g/mol. The van der Waals surface area contributed by atoms with Crippen molar-refractivity contribution in [1.82, 2.24) is 10.6 Å². The maximum atomic E-state index is 12.7. The van der Waals surface area contributed by atoms with E-state index in [1.54, 1.807) is 30.3 Å². The maximum absolute atomic E-state index is 12.7. The molecule has 1 aromatic carbocycles. The second-order valence-corrected chi connectivity index (χ2v) is 5.75. The highest BCUT2D eigenvalue weighted by Crippen LogP contribution is 2.26. The second-order valence-electron chi connectivity index (χ2n) is 5.75.